The van der Waals surface area contributed by atoms with Crippen LogP contribution in [0.1, 0.15) is 258 Å². The summed E-state index contributed by atoms with van der Waals surface area (Å²) in [6.45, 7) is 4.88. The topological polar surface area (TPSA) is 95.9 Å². The van der Waals surface area contributed by atoms with Gasteiger partial charge in [0.1, 0.15) is 0 Å². The van der Waals surface area contributed by atoms with Crippen LogP contribution in [0.2, 0.25) is 0 Å². The van der Waals surface area contributed by atoms with Crippen molar-refractivity contribution in [3.63, 3.8) is 0 Å². The van der Waals surface area contributed by atoms with Crippen molar-refractivity contribution in [1.82, 2.24) is 5.32 Å². The molecule has 6 nitrogen and oxygen atoms in total. The molecule has 0 bridgehead atoms. The first kappa shape index (κ1) is 54.3. The van der Waals surface area contributed by atoms with Crippen LogP contribution in [-0.2, 0) is 14.3 Å². The minimum absolute atomic E-state index is 0.0216. The molecule has 6 heteroatoms. The molecule has 56 heavy (non-hydrogen) atoms. The third-order valence-corrected chi connectivity index (χ3v) is 11.2. The van der Waals surface area contributed by atoms with Crippen molar-refractivity contribution >= 4 is 11.9 Å². The summed E-state index contributed by atoms with van der Waals surface area (Å²) < 4.78 is 5.44. The van der Waals surface area contributed by atoms with Gasteiger partial charge in [-0.3, -0.25) is 9.59 Å². The van der Waals surface area contributed by atoms with Crippen LogP contribution in [0, 0.1) is 0 Å². The molecule has 0 rings (SSSR count). The molecule has 0 aromatic carbocycles. The quantitative estimate of drug-likeness (QED) is 0.0324. The van der Waals surface area contributed by atoms with Crippen LogP contribution in [0.4, 0.5) is 0 Å². The Balaban J connectivity index is 3.50. The molecule has 0 aromatic rings. The molecule has 330 valence electrons. The van der Waals surface area contributed by atoms with Crippen LogP contribution in [-0.4, -0.2) is 47.4 Å². The summed E-state index contributed by atoms with van der Waals surface area (Å²) in [4.78, 5) is 24.4. The maximum absolute atomic E-state index is 12.4. The molecule has 0 aromatic heterocycles. The average Bonchev–Trinajstić information content (AvgIpc) is 3.20. The normalized spacial score (nSPS) is 12.9. The number of carbonyl (C=O) groups excluding carboxylic acids is 2. The van der Waals surface area contributed by atoms with E-state index in [1.54, 1.807) is 0 Å². The molecule has 3 N–H and O–H groups in total. The molecule has 0 spiro atoms. The van der Waals surface area contributed by atoms with Gasteiger partial charge in [-0.05, 0) is 77.0 Å². The summed E-state index contributed by atoms with van der Waals surface area (Å²) in [5.41, 5.74) is 0. The lowest BCUT2D eigenvalue weighted by Gasteiger charge is -2.22. The largest absolute Gasteiger partial charge is 0.466 e. The Kier molecular flexibility index (Phi) is 44.7. The van der Waals surface area contributed by atoms with Crippen molar-refractivity contribution in [2.24, 2.45) is 0 Å². The molecule has 0 radical (unpaired) electrons. The van der Waals surface area contributed by atoms with E-state index in [1.165, 1.54) is 154 Å². The van der Waals surface area contributed by atoms with Gasteiger partial charge in [-0.15, -0.1) is 0 Å². The number of carbonyl (C=O) groups is 2. The van der Waals surface area contributed by atoms with Crippen molar-refractivity contribution in [2.45, 2.75) is 270 Å². The fraction of sp³-hybridized carbons (Fsp3) is 0.880. The van der Waals surface area contributed by atoms with E-state index in [-0.39, 0.29) is 18.5 Å². The molecule has 0 aliphatic rings. The van der Waals surface area contributed by atoms with Crippen molar-refractivity contribution in [2.75, 3.05) is 13.2 Å². The standard InChI is InChI=1S/C50H95NO5/c1-3-5-7-9-11-13-15-17-20-24-28-32-36-40-44-50(55)56-45-41-37-33-29-25-21-18-19-23-27-31-35-39-43-49(54)51-47(46-52)48(53)42-38-34-30-26-22-16-14-12-10-8-6-4-2/h15,17,19,23,47-48,52-53H,3-14,16,18,20-22,24-46H2,1-2H3,(H,51,54)/b17-15-,23-19-. The summed E-state index contributed by atoms with van der Waals surface area (Å²) in [5, 5.41) is 23.1. The fourth-order valence-corrected chi connectivity index (χ4v) is 7.39. The number of esters is 1. The maximum atomic E-state index is 12.4. The minimum Gasteiger partial charge on any atom is -0.466 e. The Hall–Kier alpha value is -1.66. The lowest BCUT2D eigenvalue weighted by atomic mass is 10.0. The Morgan fingerprint density at radius 2 is 0.839 bits per heavy atom. The van der Waals surface area contributed by atoms with E-state index in [0.29, 0.717) is 25.9 Å². The van der Waals surface area contributed by atoms with Gasteiger partial charge in [0.25, 0.3) is 0 Å². The summed E-state index contributed by atoms with van der Waals surface area (Å²) in [5.74, 6) is -0.0881. The van der Waals surface area contributed by atoms with Gasteiger partial charge in [0.15, 0.2) is 0 Å². The molecule has 1 amide bonds. The van der Waals surface area contributed by atoms with Crippen molar-refractivity contribution in [3.8, 4) is 0 Å². The number of nitrogens with one attached hydrogen (secondary N) is 1. The smallest absolute Gasteiger partial charge is 0.305 e. The third-order valence-electron chi connectivity index (χ3n) is 11.2. The molecule has 0 saturated heterocycles. The summed E-state index contributed by atoms with van der Waals surface area (Å²) in [6, 6.07) is -0.560. The van der Waals surface area contributed by atoms with Gasteiger partial charge in [0.05, 0.1) is 25.4 Å². The van der Waals surface area contributed by atoms with E-state index in [9.17, 15) is 19.8 Å². The Labute approximate surface area is 348 Å². The van der Waals surface area contributed by atoms with E-state index in [0.717, 1.165) is 70.6 Å². The number of hydrogen-bond donors (Lipinski definition) is 3. The van der Waals surface area contributed by atoms with Gasteiger partial charge >= 0.3 is 5.97 Å². The summed E-state index contributed by atoms with van der Waals surface area (Å²) >= 11 is 0. The highest BCUT2D eigenvalue weighted by atomic mass is 16.5. The number of hydrogen-bond acceptors (Lipinski definition) is 5. The van der Waals surface area contributed by atoms with Crippen molar-refractivity contribution < 1.29 is 24.5 Å². The number of amides is 1. The second-order valence-corrected chi connectivity index (χ2v) is 16.8. The highest BCUT2D eigenvalue weighted by Gasteiger charge is 2.20. The average molecular weight is 790 g/mol. The second kappa shape index (κ2) is 46.0. The van der Waals surface area contributed by atoms with Gasteiger partial charge in [0.2, 0.25) is 5.91 Å². The van der Waals surface area contributed by atoms with E-state index in [4.69, 9.17) is 4.74 Å². The van der Waals surface area contributed by atoms with Gasteiger partial charge in [-0.2, -0.15) is 0 Å². The number of rotatable bonds is 45. The van der Waals surface area contributed by atoms with Crippen LogP contribution in [0.25, 0.3) is 0 Å². The Morgan fingerprint density at radius 3 is 1.29 bits per heavy atom. The van der Waals surface area contributed by atoms with Gasteiger partial charge < -0.3 is 20.3 Å². The first-order valence-electron chi connectivity index (χ1n) is 24.6. The predicted octanol–water partition coefficient (Wildman–Crippen LogP) is 14.3. The zero-order valence-corrected chi connectivity index (χ0v) is 37.4. The van der Waals surface area contributed by atoms with E-state index in [1.807, 2.05) is 0 Å². The van der Waals surface area contributed by atoms with Crippen molar-refractivity contribution in [1.29, 1.82) is 0 Å². The zero-order chi connectivity index (χ0) is 40.8. The second-order valence-electron chi connectivity index (χ2n) is 16.8. The Bertz CT molecular complexity index is 874. The molecule has 2 atom stereocenters. The molecule has 0 aliphatic carbocycles. The van der Waals surface area contributed by atoms with Crippen LogP contribution >= 0.6 is 0 Å². The van der Waals surface area contributed by atoms with Gasteiger partial charge in [-0.1, -0.05) is 192 Å². The van der Waals surface area contributed by atoms with Crippen LogP contribution in [0.5, 0.6) is 0 Å². The Morgan fingerprint density at radius 1 is 0.482 bits per heavy atom. The predicted molar refractivity (Wildman–Crippen MR) is 241 cm³/mol. The summed E-state index contributed by atoms with van der Waals surface area (Å²) in [6.07, 6.45) is 52.8. The number of allylic oxidation sites excluding steroid dienone is 4. The number of aliphatic hydroxyl groups excluding tert-OH is 2. The van der Waals surface area contributed by atoms with E-state index in [2.05, 4.69) is 43.5 Å². The molecular formula is C50H95NO5. The lowest BCUT2D eigenvalue weighted by molar-refractivity contribution is -0.143. The molecule has 0 fully saturated rings. The molecule has 0 aliphatic heterocycles. The van der Waals surface area contributed by atoms with Gasteiger partial charge in [0, 0.05) is 12.8 Å². The molecule has 0 heterocycles. The highest BCUT2D eigenvalue weighted by molar-refractivity contribution is 5.76. The van der Waals surface area contributed by atoms with Crippen LogP contribution in [0.3, 0.4) is 0 Å². The first-order chi connectivity index (χ1) is 27.5. The monoisotopic (exact) mass is 790 g/mol. The number of ether oxygens (including phenoxy) is 1. The highest BCUT2D eigenvalue weighted by Crippen LogP contribution is 2.15. The molecule has 2 unspecified atom stereocenters. The number of unbranched alkanes of at least 4 members (excludes halogenated alkanes) is 30. The SMILES string of the molecule is CCCCCCC/C=C\CCCCCCCC(=O)OCCCCCCCC/C=C\CCCCCC(=O)NC(CO)C(O)CCCCCCCCCCCCCC. The lowest BCUT2D eigenvalue weighted by Crippen LogP contribution is -2.45. The molecular weight excluding hydrogens is 695 g/mol. The maximum Gasteiger partial charge on any atom is 0.305 e. The summed E-state index contributed by atoms with van der Waals surface area (Å²) in [7, 11) is 0. The minimum atomic E-state index is -0.680. The van der Waals surface area contributed by atoms with Gasteiger partial charge in [-0.25, -0.2) is 0 Å². The number of aliphatic hydroxyl groups is 2. The van der Waals surface area contributed by atoms with Crippen LogP contribution in [0.15, 0.2) is 24.3 Å². The fourth-order valence-electron chi connectivity index (χ4n) is 7.39. The first-order valence-corrected chi connectivity index (χ1v) is 24.6. The van der Waals surface area contributed by atoms with Crippen LogP contribution < -0.4 is 5.32 Å². The van der Waals surface area contributed by atoms with E-state index >= 15 is 0 Å². The molecule has 0 saturated carbocycles. The zero-order valence-electron chi connectivity index (χ0n) is 37.4. The van der Waals surface area contributed by atoms with E-state index < -0.39 is 12.1 Å². The third kappa shape index (κ3) is 42.0. The van der Waals surface area contributed by atoms with Crippen molar-refractivity contribution in [3.05, 3.63) is 24.3 Å².